The number of fused-ring (bicyclic) bond motifs is 1. The summed E-state index contributed by atoms with van der Waals surface area (Å²) in [5.41, 5.74) is 0.455. The van der Waals surface area contributed by atoms with Gasteiger partial charge in [0.2, 0.25) is 11.2 Å². The summed E-state index contributed by atoms with van der Waals surface area (Å²) >= 11 is 5.62. The second-order valence-corrected chi connectivity index (χ2v) is 5.51. The molecule has 0 amide bonds. The van der Waals surface area contributed by atoms with Gasteiger partial charge in [-0.2, -0.15) is 0 Å². The van der Waals surface area contributed by atoms with Crippen LogP contribution in [0.3, 0.4) is 0 Å². The van der Waals surface area contributed by atoms with Crippen molar-refractivity contribution in [2.75, 3.05) is 38.1 Å². The minimum atomic E-state index is -0.744. The van der Waals surface area contributed by atoms with E-state index in [1.165, 1.54) is 0 Å². The fourth-order valence-corrected chi connectivity index (χ4v) is 2.71. The number of hydrogen-bond acceptors (Lipinski definition) is 5. The van der Waals surface area contributed by atoms with Crippen molar-refractivity contribution in [3.8, 4) is 0 Å². The number of halogens is 1. The molecule has 110 valence electrons. The lowest BCUT2D eigenvalue weighted by atomic mass is 10.1. The second-order valence-electron chi connectivity index (χ2n) is 5.17. The Balaban J connectivity index is 2.19. The molecular weight excluding hydrogens is 292 g/mol. The number of hydrogen-bond donors (Lipinski definition) is 0. The van der Waals surface area contributed by atoms with Gasteiger partial charge in [0.05, 0.1) is 5.39 Å². The van der Waals surface area contributed by atoms with E-state index in [4.69, 9.17) is 16.0 Å². The molecule has 0 bridgehead atoms. The zero-order valence-electron chi connectivity index (χ0n) is 11.6. The Hall–Kier alpha value is -1.85. The Bertz CT molecular complexity index is 748. The van der Waals surface area contributed by atoms with Gasteiger partial charge >= 0.3 is 0 Å². The first kappa shape index (κ1) is 14.1. The van der Waals surface area contributed by atoms with Crippen molar-refractivity contribution in [1.29, 1.82) is 0 Å². The van der Waals surface area contributed by atoms with Crippen LogP contribution in [0.2, 0.25) is 0 Å². The Kier molecular flexibility index (Phi) is 3.69. The molecule has 3 rings (SSSR count). The molecule has 0 spiro atoms. The molecule has 5 nitrogen and oxygen atoms in total. The maximum Gasteiger partial charge on any atom is 0.290 e. The zero-order chi connectivity index (χ0) is 15.0. The summed E-state index contributed by atoms with van der Waals surface area (Å²) in [7, 11) is 2.02. The predicted molar refractivity (Wildman–Crippen MR) is 82.4 cm³/mol. The molecule has 1 aromatic carbocycles. The maximum absolute atomic E-state index is 12.7. The number of anilines is 1. The number of rotatable bonds is 2. The number of para-hydroxylation sites is 1. The van der Waals surface area contributed by atoms with Crippen molar-refractivity contribution in [3.63, 3.8) is 0 Å². The summed E-state index contributed by atoms with van der Waals surface area (Å²) in [6.07, 6.45) is 0. The highest BCUT2D eigenvalue weighted by molar-refractivity contribution is 6.67. The minimum absolute atomic E-state index is 0.0649. The molecular formula is C15H15ClN2O3. The van der Waals surface area contributed by atoms with E-state index in [1.54, 1.807) is 24.3 Å². The van der Waals surface area contributed by atoms with Gasteiger partial charge in [-0.05, 0) is 30.8 Å². The third-order valence-corrected chi connectivity index (χ3v) is 3.94. The normalized spacial score (nSPS) is 16.4. The molecule has 1 aromatic heterocycles. The van der Waals surface area contributed by atoms with Crippen molar-refractivity contribution in [2.24, 2.45) is 0 Å². The fraction of sp³-hybridized carbons (Fsp3) is 0.333. The average molecular weight is 307 g/mol. The Labute approximate surface area is 126 Å². The van der Waals surface area contributed by atoms with Crippen LogP contribution in [0.4, 0.5) is 5.69 Å². The first-order valence-electron chi connectivity index (χ1n) is 6.77. The Morgan fingerprint density at radius 2 is 1.86 bits per heavy atom. The van der Waals surface area contributed by atoms with Crippen LogP contribution >= 0.6 is 11.6 Å². The third kappa shape index (κ3) is 2.54. The van der Waals surface area contributed by atoms with Crippen molar-refractivity contribution >= 4 is 33.5 Å². The van der Waals surface area contributed by atoms with E-state index in [1.807, 2.05) is 11.9 Å². The molecule has 0 radical (unpaired) electrons. The molecule has 2 aromatic rings. The topological polar surface area (TPSA) is 53.8 Å². The van der Waals surface area contributed by atoms with E-state index in [2.05, 4.69) is 4.90 Å². The largest absolute Gasteiger partial charge is 0.449 e. The van der Waals surface area contributed by atoms with E-state index < -0.39 is 5.24 Å². The smallest absolute Gasteiger partial charge is 0.290 e. The van der Waals surface area contributed by atoms with E-state index in [9.17, 15) is 9.59 Å². The molecule has 1 aliphatic rings. The van der Waals surface area contributed by atoms with Gasteiger partial charge in [0.1, 0.15) is 11.3 Å². The fourth-order valence-electron chi connectivity index (χ4n) is 2.58. The van der Waals surface area contributed by atoms with Gasteiger partial charge in [-0.25, -0.2) is 0 Å². The number of carbonyl (C=O) groups is 1. The van der Waals surface area contributed by atoms with Crippen LogP contribution in [0.15, 0.2) is 33.5 Å². The number of benzene rings is 1. The lowest BCUT2D eigenvalue weighted by Crippen LogP contribution is -2.46. The number of carbonyl (C=O) groups excluding carboxylic acids is 1. The predicted octanol–water partition coefficient (Wildman–Crippen LogP) is 1.92. The molecule has 21 heavy (non-hydrogen) atoms. The van der Waals surface area contributed by atoms with Gasteiger partial charge < -0.3 is 14.2 Å². The molecule has 0 N–H and O–H groups in total. The summed E-state index contributed by atoms with van der Waals surface area (Å²) in [4.78, 5) is 28.4. The molecule has 0 atom stereocenters. The SMILES string of the molecule is CN1CCN(c2c(C(=O)Cl)oc3ccccc3c2=O)CC1. The standard InChI is InChI=1S/C15H15ClN2O3/c1-17-6-8-18(9-7-17)12-13(19)10-4-2-3-5-11(10)21-14(12)15(16)20/h2-5H,6-9H2,1H3. The van der Waals surface area contributed by atoms with Gasteiger partial charge in [0.15, 0.2) is 0 Å². The highest BCUT2D eigenvalue weighted by Crippen LogP contribution is 2.24. The molecule has 2 heterocycles. The van der Waals surface area contributed by atoms with Gasteiger partial charge in [0, 0.05) is 26.2 Å². The van der Waals surface area contributed by atoms with Crippen LogP contribution in [-0.2, 0) is 0 Å². The highest BCUT2D eigenvalue weighted by Gasteiger charge is 2.25. The Morgan fingerprint density at radius 1 is 1.19 bits per heavy atom. The van der Waals surface area contributed by atoms with Crippen molar-refractivity contribution in [2.45, 2.75) is 0 Å². The summed E-state index contributed by atoms with van der Waals surface area (Å²) in [6.45, 7) is 2.97. The third-order valence-electron chi connectivity index (χ3n) is 3.77. The number of nitrogens with zero attached hydrogens (tertiary/aromatic N) is 2. The second kappa shape index (κ2) is 5.50. The van der Waals surface area contributed by atoms with Gasteiger partial charge in [-0.1, -0.05) is 12.1 Å². The quantitative estimate of drug-likeness (QED) is 0.794. The maximum atomic E-state index is 12.7. The molecule has 1 saturated heterocycles. The van der Waals surface area contributed by atoms with Gasteiger partial charge in [-0.15, -0.1) is 0 Å². The molecule has 1 fully saturated rings. The van der Waals surface area contributed by atoms with Crippen LogP contribution in [0, 0.1) is 0 Å². The van der Waals surface area contributed by atoms with E-state index in [0.29, 0.717) is 24.1 Å². The summed E-state index contributed by atoms with van der Waals surface area (Å²) in [6, 6.07) is 6.88. The van der Waals surface area contributed by atoms with Crippen LogP contribution in [0.5, 0.6) is 0 Å². The van der Waals surface area contributed by atoms with E-state index in [0.717, 1.165) is 13.1 Å². The molecule has 0 saturated carbocycles. The molecule has 6 heteroatoms. The van der Waals surface area contributed by atoms with Crippen LogP contribution < -0.4 is 10.3 Å². The summed E-state index contributed by atoms with van der Waals surface area (Å²) < 4.78 is 5.58. The van der Waals surface area contributed by atoms with Crippen LogP contribution in [0.1, 0.15) is 10.6 Å². The van der Waals surface area contributed by atoms with Crippen molar-refractivity contribution in [1.82, 2.24) is 4.90 Å². The Morgan fingerprint density at radius 3 is 2.52 bits per heavy atom. The van der Waals surface area contributed by atoms with E-state index in [-0.39, 0.29) is 16.9 Å². The number of likely N-dealkylation sites (N-methyl/N-ethyl adjacent to an activating group) is 1. The molecule has 0 aliphatic carbocycles. The molecule has 0 unspecified atom stereocenters. The summed E-state index contributed by atoms with van der Waals surface area (Å²) in [5.74, 6) is -0.0649. The first-order valence-corrected chi connectivity index (χ1v) is 7.15. The highest BCUT2D eigenvalue weighted by atomic mass is 35.5. The summed E-state index contributed by atoms with van der Waals surface area (Å²) in [5, 5.41) is -0.278. The number of piperazine rings is 1. The van der Waals surface area contributed by atoms with Crippen molar-refractivity contribution in [3.05, 3.63) is 40.2 Å². The minimum Gasteiger partial charge on any atom is -0.449 e. The van der Waals surface area contributed by atoms with Crippen LogP contribution in [-0.4, -0.2) is 43.4 Å². The van der Waals surface area contributed by atoms with E-state index >= 15 is 0 Å². The van der Waals surface area contributed by atoms with Gasteiger partial charge in [-0.3, -0.25) is 9.59 Å². The lowest BCUT2D eigenvalue weighted by Gasteiger charge is -2.33. The monoisotopic (exact) mass is 306 g/mol. The molecule has 1 aliphatic heterocycles. The zero-order valence-corrected chi connectivity index (χ0v) is 12.4. The first-order chi connectivity index (χ1) is 10.1. The van der Waals surface area contributed by atoms with Crippen molar-refractivity contribution < 1.29 is 9.21 Å². The van der Waals surface area contributed by atoms with Crippen LogP contribution in [0.25, 0.3) is 11.0 Å². The average Bonchev–Trinajstić information content (AvgIpc) is 2.48. The lowest BCUT2D eigenvalue weighted by molar-refractivity contribution is 0.105. The van der Waals surface area contributed by atoms with Gasteiger partial charge in [0.25, 0.3) is 5.24 Å².